The van der Waals surface area contributed by atoms with Crippen LogP contribution in [0.2, 0.25) is 5.02 Å². The molecular formula is C16H14ClFN2O2. The predicted molar refractivity (Wildman–Crippen MR) is 80.6 cm³/mol. The second-order valence-electron chi connectivity index (χ2n) is 5.09. The van der Waals surface area contributed by atoms with Gasteiger partial charge in [-0.3, -0.25) is 9.78 Å². The minimum Gasteiger partial charge on any atom is -0.488 e. The summed E-state index contributed by atoms with van der Waals surface area (Å²) in [6.07, 6.45) is 3.04. The number of carbonyl (C=O) groups excluding carboxylic acids is 1. The van der Waals surface area contributed by atoms with Crippen LogP contribution in [0, 0.1) is 5.82 Å². The summed E-state index contributed by atoms with van der Waals surface area (Å²) in [5.74, 6) is -0.273. The van der Waals surface area contributed by atoms with E-state index in [4.69, 9.17) is 16.3 Å². The molecule has 22 heavy (non-hydrogen) atoms. The van der Waals surface area contributed by atoms with Gasteiger partial charge in [0.1, 0.15) is 11.9 Å². The van der Waals surface area contributed by atoms with E-state index in [1.807, 2.05) is 12.1 Å². The molecule has 1 amide bonds. The van der Waals surface area contributed by atoms with Gasteiger partial charge in [-0.25, -0.2) is 4.39 Å². The third kappa shape index (κ3) is 3.20. The van der Waals surface area contributed by atoms with Crippen LogP contribution in [0.4, 0.5) is 4.39 Å². The zero-order valence-corrected chi connectivity index (χ0v) is 12.5. The maximum Gasteiger partial charge on any atom is 0.257 e. The summed E-state index contributed by atoms with van der Waals surface area (Å²) in [6.45, 7) is 0.957. The van der Waals surface area contributed by atoms with E-state index in [1.54, 1.807) is 17.0 Å². The number of likely N-dealkylation sites (tertiary alicyclic amines) is 1. The molecule has 0 N–H and O–H groups in total. The number of amides is 1. The van der Waals surface area contributed by atoms with Crippen molar-refractivity contribution in [2.75, 3.05) is 13.1 Å². The molecule has 1 aromatic heterocycles. The first-order chi connectivity index (χ1) is 10.6. The molecule has 1 aliphatic rings. The lowest BCUT2D eigenvalue weighted by Crippen LogP contribution is -2.31. The van der Waals surface area contributed by atoms with E-state index in [0.29, 0.717) is 30.3 Å². The van der Waals surface area contributed by atoms with Gasteiger partial charge in [0, 0.05) is 24.2 Å². The van der Waals surface area contributed by atoms with Crippen LogP contribution in [0.1, 0.15) is 16.8 Å². The number of hydrogen-bond donors (Lipinski definition) is 0. The highest BCUT2D eigenvalue weighted by atomic mass is 35.5. The first kappa shape index (κ1) is 14.8. The van der Waals surface area contributed by atoms with Gasteiger partial charge >= 0.3 is 0 Å². The number of hydrogen-bond acceptors (Lipinski definition) is 3. The Hall–Kier alpha value is -2.14. The van der Waals surface area contributed by atoms with Crippen LogP contribution in [0.5, 0.6) is 5.75 Å². The Morgan fingerprint density at radius 3 is 3.05 bits per heavy atom. The van der Waals surface area contributed by atoms with E-state index in [1.165, 1.54) is 12.3 Å². The summed E-state index contributed by atoms with van der Waals surface area (Å²) in [5, 5.41) is 0.599. The first-order valence-electron chi connectivity index (χ1n) is 6.94. The van der Waals surface area contributed by atoms with Crippen molar-refractivity contribution < 1.29 is 13.9 Å². The van der Waals surface area contributed by atoms with Crippen molar-refractivity contribution >= 4 is 17.5 Å². The van der Waals surface area contributed by atoms with Gasteiger partial charge in [0.25, 0.3) is 5.91 Å². The Bertz CT molecular complexity index is 695. The van der Waals surface area contributed by atoms with Crippen molar-refractivity contribution in [2.45, 2.75) is 12.5 Å². The molecule has 0 spiro atoms. The van der Waals surface area contributed by atoms with Crippen molar-refractivity contribution in [3.63, 3.8) is 0 Å². The van der Waals surface area contributed by atoms with E-state index in [-0.39, 0.29) is 17.6 Å². The third-order valence-corrected chi connectivity index (χ3v) is 3.77. The fraction of sp³-hybridized carbons (Fsp3) is 0.250. The molecule has 2 aromatic rings. The maximum absolute atomic E-state index is 13.6. The lowest BCUT2D eigenvalue weighted by atomic mass is 10.2. The standard InChI is InChI=1S/C16H14ClFN2O2/c17-11-2-1-3-12(8-11)22-13-5-7-20(10-13)16(21)14-4-6-19-9-15(14)18/h1-4,6,8-9,13H,5,7,10H2/t13-/m1/s1. The largest absolute Gasteiger partial charge is 0.488 e. The van der Waals surface area contributed by atoms with Crippen LogP contribution in [0.25, 0.3) is 0 Å². The number of halogens is 2. The molecule has 1 aliphatic heterocycles. The van der Waals surface area contributed by atoms with Crippen LogP contribution in [0.15, 0.2) is 42.7 Å². The fourth-order valence-electron chi connectivity index (χ4n) is 2.46. The number of ether oxygens (including phenoxy) is 1. The van der Waals surface area contributed by atoms with Gasteiger partial charge in [0.05, 0.1) is 18.3 Å². The van der Waals surface area contributed by atoms with Crippen LogP contribution < -0.4 is 4.74 Å². The molecule has 0 saturated carbocycles. The molecule has 2 heterocycles. The maximum atomic E-state index is 13.6. The number of benzene rings is 1. The van der Waals surface area contributed by atoms with Crippen LogP contribution in [-0.2, 0) is 0 Å². The van der Waals surface area contributed by atoms with Crippen LogP contribution in [-0.4, -0.2) is 35.0 Å². The highest BCUT2D eigenvalue weighted by Gasteiger charge is 2.29. The topological polar surface area (TPSA) is 42.4 Å². The van der Waals surface area contributed by atoms with Gasteiger partial charge in [-0.15, -0.1) is 0 Å². The van der Waals surface area contributed by atoms with Crippen LogP contribution in [0.3, 0.4) is 0 Å². The van der Waals surface area contributed by atoms with Gasteiger partial charge in [-0.05, 0) is 24.3 Å². The van der Waals surface area contributed by atoms with E-state index in [9.17, 15) is 9.18 Å². The van der Waals surface area contributed by atoms with Crippen molar-refractivity contribution in [1.82, 2.24) is 9.88 Å². The smallest absolute Gasteiger partial charge is 0.257 e. The first-order valence-corrected chi connectivity index (χ1v) is 7.32. The van der Waals surface area contributed by atoms with Crippen molar-refractivity contribution in [3.8, 4) is 5.75 Å². The highest BCUT2D eigenvalue weighted by Crippen LogP contribution is 2.22. The van der Waals surface area contributed by atoms with Crippen LogP contribution >= 0.6 is 11.6 Å². The molecule has 114 valence electrons. The Morgan fingerprint density at radius 1 is 1.41 bits per heavy atom. The summed E-state index contributed by atoms with van der Waals surface area (Å²) in [6, 6.07) is 8.52. The van der Waals surface area contributed by atoms with Crippen molar-refractivity contribution in [3.05, 3.63) is 59.1 Å². The number of aromatic nitrogens is 1. The highest BCUT2D eigenvalue weighted by molar-refractivity contribution is 6.30. The number of carbonyl (C=O) groups is 1. The van der Waals surface area contributed by atoms with E-state index in [2.05, 4.69) is 4.98 Å². The lowest BCUT2D eigenvalue weighted by Gasteiger charge is -2.17. The fourth-order valence-corrected chi connectivity index (χ4v) is 2.64. The van der Waals surface area contributed by atoms with Crippen molar-refractivity contribution in [2.24, 2.45) is 0 Å². The average molecular weight is 321 g/mol. The number of nitrogens with zero attached hydrogens (tertiary/aromatic N) is 2. The van der Waals surface area contributed by atoms with Gasteiger partial charge in [0.15, 0.2) is 5.82 Å². The second kappa shape index (κ2) is 6.32. The Labute approximate surface area is 132 Å². The summed E-state index contributed by atoms with van der Waals surface area (Å²) in [4.78, 5) is 17.5. The van der Waals surface area contributed by atoms with E-state index < -0.39 is 5.82 Å². The molecule has 3 rings (SSSR count). The van der Waals surface area contributed by atoms with E-state index in [0.717, 1.165) is 6.20 Å². The van der Waals surface area contributed by atoms with E-state index >= 15 is 0 Å². The van der Waals surface area contributed by atoms with Gasteiger partial charge in [-0.1, -0.05) is 17.7 Å². The zero-order chi connectivity index (χ0) is 15.5. The molecule has 1 atom stereocenters. The summed E-state index contributed by atoms with van der Waals surface area (Å²) >= 11 is 5.91. The molecule has 0 unspecified atom stereocenters. The summed E-state index contributed by atoms with van der Waals surface area (Å²) in [5.41, 5.74) is 0.0402. The third-order valence-electron chi connectivity index (χ3n) is 3.53. The molecule has 1 aromatic carbocycles. The monoisotopic (exact) mass is 320 g/mol. The Balaban J connectivity index is 1.65. The van der Waals surface area contributed by atoms with Gasteiger partial charge in [-0.2, -0.15) is 0 Å². The average Bonchev–Trinajstić information content (AvgIpc) is 2.95. The summed E-state index contributed by atoms with van der Waals surface area (Å²) < 4.78 is 19.4. The molecule has 6 heteroatoms. The normalized spacial score (nSPS) is 17.5. The quantitative estimate of drug-likeness (QED) is 0.872. The van der Waals surface area contributed by atoms with Gasteiger partial charge in [0.2, 0.25) is 0 Å². The second-order valence-corrected chi connectivity index (χ2v) is 5.53. The van der Waals surface area contributed by atoms with Crippen molar-refractivity contribution in [1.29, 1.82) is 0 Å². The number of pyridine rings is 1. The minimum absolute atomic E-state index is 0.0402. The Kier molecular flexibility index (Phi) is 4.24. The molecular weight excluding hydrogens is 307 g/mol. The molecule has 1 saturated heterocycles. The minimum atomic E-state index is -0.605. The molecule has 4 nitrogen and oxygen atoms in total. The molecule has 1 fully saturated rings. The Morgan fingerprint density at radius 2 is 2.27 bits per heavy atom. The SMILES string of the molecule is O=C(c1ccncc1F)N1CC[C@@H](Oc2cccc(Cl)c2)C1. The molecule has 0 aliphatic carbocycles. The summed E-state index contributed by atoms with van der Waals surface area (Å²) in [7, 11) is 0. The molecule has 0 bridgehead atoms. The zero-order valence-electron chi connectivity index (χ0n) is 11.7. The lowest BCUT2D eigenvalue weighted by molar-refractivity contribution is 0.0767. The number of rotatable bonds is 3. The molecule has 0 radical (unpaired) electrons. The van der Waals surface area contributed by atoms with Gasteiger partial charge < -0.3 is 9.64 Å². The predicted octanol–water partition coefficient (Wildman–Crippen LogP) is 3.17.